The molecule has 0 amide bonds. The third-order valence-corrected chi connectivity index (χ3v) is 3.73. The summed E-state index contributed by atoms with van der Waals surface area (Å²) in [7, 11) is 3.83. The van der Waals surface area contributed by atoms with Gasteiger partial charge in [-0.3, -0.25) is 0 Å². The minimum absolute atomic E-state index is 0.749. The van der Waals surface area contributed by atoms with E-state index in [1.807, 2.05) is 6.07 Å². The Labute approximate surface area is 118 Å². The van der Waals surface area contributed by atoms with Gasteiger partial charge in [-0.1, -0.05) is 19.8 Å². The molecule has 96 valence electrons. The maximum Gasteiger partial charge on any atom is 0.218 e. The summed E-state index contributed by atoms with van der Waals surface area (Å²) >= 11 is 2.34. The first kappa shape index (κ1) is 14.7. The maximum absolute atomic E-state index is 5.31. The van der Waals surface area contributed by atoms with Crippen LogP contribution in [0, 0.1) is 3.57 Å². The van der Waals surface area contributed by atoms with E-state index >= 15 is 0 Å². The molecule has 1 heterocycles. The van der Waals surface area contributed by atoms with Crippen LogP contribution < -0.4 is 4.74 Å². The molecule has 0 spiro atoms. The Kier molecular flexibility index (Phi) is 6.80. The number of hydrogen-bond donors (Lipinski definition) is 0. The van der Waals surface area contributed by atoms with Crippen molar-refractivity contribution in [2.24, 2.45) is 0 Å². The second-order valence-electron chi connectivity index (χ2n) is 4.23. The van der Waals surface area contributed by atoms with Crippen molar-refractivity contribution in [3.63, 3.8) is 0 Å². The predicted octanol–water partition coefficient (Wildman–Crippen LogP) is 3.32. The van der Waals surface area contributed by atoms with Gasteiger partial charge < -0.3 is 9.64 Å². The predicted molar refractivity (Wildman–Crippen MR) is 79.4 cm³/mol. The molecule has 0 N–H and O–H groups in total. The van der Waals surface area contributed by atoms with E-state index in [0.717, 1.165) is 19.0 Å². The fourth-order valence-electron chi connectivity index (χ4n) is 1.75. The van der Waals surface area contributed by atoms with E-state index in [1.54, 1.807) is 13.3 Å². The Balaban J connectivity index is 2.60. The Morgan fingerprint density at radius 3 is 2.82 bits per heavy atom. The molecule has 3 nitrogen and oxygen atoms in total. The molecular weight excluding hydrogens is 327 g/mol. The number of unbranched alkanes of at least 4 members (excludes halogenated alkanes) is 2. The second-order valence-corrected chi connectivity index (χ2v) is 5.39. The number of halogens is 1. The van der Waals surface area contributed by atoms with E-state index in [4.69, 9.17) is 4.74 Å². The number of pyridine rings is 1. The molecule has 1 rings (SSSR count). The molecule has 0 aromatic carbocycles. The van der Waals surface area contributed by atoms with Gasteiger partial charge in [0.1, 0.15) is 0 Å². The molecule has 0 aliphatic carbocycles. The summed E-state index contributed by atoms with van der Waals surface area (Å²) in [4.78, 5) is 6.58. The summed E-state index contributed by atoms with van der Waals surface area (Å²) in [5.41, 5.74) is 1.19. The van der Waals surface area contributed by atoms with Crippen molar-refractivity contribution in [3.8, 4) is 5.88 Å². The summed E-state index contributed by atoms with van der Waals surface area (Å²) < 4.78 is 6.53. The van der Waals surface area contributed by atoms with Gasteiger partial charge in [0, 0.05) is 21.9 Å². The number of ether oxygens (including phenoxy) is 1. The van der Waals surface area contributed by atoms with Crippen molar-refractivity contribution >= 4 is 22.6 Å². The molecule has 0 bridgehead atoms. The average molecular weight is 348 g/mol. The monoisotopic (exact) mass is 348 g/mol. The molecule has 0 unspecified atom stereocenters. The van der Waals surface area contributed by atoms with Gasteiger partial charge in [-0.25, -0.2) is 4.98 Å². The van der Waals surface area contributed by atoms with E-state index in [9.17, 15) is 0 Å². The lowest BCUT2D eigenvalue weighted by atomic mass is 10.2. The van der Waals surface area contributed by atoms with Crippen LogP contribution in [0.15, 0.2) is 12.3 Å². The van der Waals surface area contributed by atoms with Gasteiger partial charge in [0.05, 0.1) is 7.11 Å². The van der Waals surface area contributed by atoms with Crippen LogP contribution >= 0.6 is 22.6 Å². The van der Waals surface area contributed by atoms with Crippen LogP contribution in [-0.2, 0) is 6.54 Å². The van der Waals surface area contributed by atoms with Crippen LogP contribution in [0.3, 0.4) is 0 Å². The molecule has 0 atom stereocenters. The normalized spacial score (nSPS) is 10.9. The Morgan fingerprint density at radius 2 is 2.18 bits per heavy atom. The largest absolute Gasteiger partial charge is 0.481 e. The van der Waals surface area contributed by atoms with Gasteiger partial charge in [-0.2, -0.15) is 0 Å². The molecule has 17 heavy (non-hydrogen) atoms. The first-order chi connectivity index (χ1) is 8.19. The summed E-state index contributed by atoms with van der Waals surface area (Å²) in [5, 5.41) is 0. The third-order valence-electron chi connectivity index (χ3n) is 2.72. The van der Waals surface area contributed by atoms with Crippen LogP contribution in [0.4, 0.5) is 0 Å². The van der Waals surface area contributed by atoms with Crippen molar-refractivity contribution < 1.29 is 4.74 Å². The SMILES string of the molecule is CCCCCN(C)Cc1c(I)ccnc1OC. The molecule has 4 heteroatoms. The molecule has 0 saturated carbocycles. The molecule has 1 aromatic heterocycles. The Hall–Kier alpha value is -0.360. The molecule has 1 aromatic rings. The van der Waals surface area contributed by atoms with Gasteiger partial charge in [-0.05, 0) is 48.7 Å². The summed E-state index contributed by atoms with van der Waals surface area (Å²) in [6.45, 7) is 4.26. The van der Waals surface area contributed by atoms with Gasteiger partial charge in [0.15, 0.2) is 0 Å². The van der Waals surface area contributed by atoms with E-state index in [2.05, 4.69) is 46.4 Å². The van der Waals surface area contributed by atoms with Gasteiger partial charge in [0.2, 0.25) is 5.88 Å². The first-order valence-corrected chi connectivity index (χ1v) is 7.12. The topological polar surface area (TPSA) is 25.4 Å². The van der Waals surface area contributed by atoms with Gasteiger partial charge in [-0.15, -0.1) is 0 Å². The summed E-state index contributed by atoms with van der Waals surface area (Å²) in [5.74, 6) is 0.749. The molecule has 0 radical (unpaired) electrons. The molecule has 0 saturated heterocycles. The summed E-state index contributed by atoms with van der Waals surface area (Å²) in [6.07, 6.45) is 5.61. The highest BCUT2D eigenvalue weighted by atomic mass is 127. The minimum Gasteiger partial charge on any atom is -0.481 e. The quantitative estimate of drug-likeness (QED) is 0.558. The van der Waals surface area contributed by atoms with Crippen molar-refractivity contribution in [3.05, 3.63) is 21.4 Å². The number of aromatic nitrogens is 1. The Morgan fingerprint density at radius 1 is 1.41 bits per heavy atom. The fraction of sp³-hybridized carbons (Fsp3) is 0.615. The number of nitrogens with zero attached hydrogens (tertiary/aromatic N) is 2. The second kappa shape index (κ2) is 7.87. The number of rotatable bonds is 7. The zero-order valence-electron chi connectivity index (χ0n) is 10.9. The molecule has 0 aliphatic heterocycles. The van der Waals surface area contributed by atoms with Crippen molar-refractivity contribution in [1.82, 2.24) is 9.88 Å². The lowest BCUT2D eigenvalue weighted by Gasteiger charge is -2.18. The van der Waals surface area contributed by atoms with Crippen molar-refractivity contribution in [2.75, 3.05) is 20.7 Å². The average Bonchev–Trinajstić information content (AvgIpc) is 2.32. The lowest BCUT2D eigenvalue weighted by Crippen LogP contribution is -2.20. The van der Waals surface area contributed by atoms with Gasteiger partial charge in [0.25, 0.3) is 0 Å². The number of methoxy groups -OCH3 is 1. The zero-order chi connectivity index (χ0) is 12.7. The highest BCUT2D eigenvalue weighted by Gasteiger charge is 2.10. The molecule has 0 fully saturated rings. The standard InChI is InChI=1S/C13H21IN2O/c1-4-5-6-9-16(2)10-11-12(14)7-8-15-13(11)17-3/h7-8H,4-6,9-10H2,1-3H3. The van der Waals surface area contributed by atoms with Crippen LogP contribution in [0.1, 0.15) is 31.7 Å². The van der Waals surface area contributed by atoms with E-state index < -0.39 is 0 Å². The van der Waals surface area contributed by atoms with Gasteiger partial charge >= 0.3 is 0 Å². The van der Waals surface area contributed by atoms with Crippen LogP contribution in [0.25, 0.3) is 0 Å². The third kappa shape index (κ3) is 4.79. The van der Waals surface area contributed by atoms with Crippen molar-refractivity contribution in [2.45, 2.75) is 32.7 Å². The maximum atomic E-state index is 5.31. The van der Waals surface area contributed by atoms with E-state index in [1.165, 1.54) is 28.4 Å². The van der Waals surface area contributed by atoms with Crippen molar-refractivity contribution in [1.29, 1.82) is 0 Å². The highest BCUT2D eigenvalue weighted by molar-refractivity contribution is 14.1. The van der Waals surface area contributed by atoms with Crippen LogP contribution in [0.2, 0.25) is 0 Å². The minimum atomic E-state index is 0.749. The highest BCUT2D eigenvalue weighted by Crippen LogP contribution is 2.22. The smallest absolute Gasteiger partial charge is 0.218 e. The van der Waals surface area contributed by atoms with Crippen LogP contribution in [-0.4, -0.2) is 30.6 Å². The zero-order valence-corrected chi connectivity index (χ0v) is 13.0. The first-order valence-electron chi connectivity index (χ1n) is 6.05. The summed E-state index contributed by atoms with van der Waals surface area (Å²) in [6, 6.07) is 2.03. The van der Waals surface area contributed by atoms with E-state index in [0.29, 0.717) is 0 Å². The van der Waals surface area contributed by atoms with Crippen LogP contribution in [0.5, 0.6) is 5.88 Å². The Bertz CT molecular complexity index is 344. The fourth-order valence-corrected chi connectivity index (χ4v) is 2.31. The molecule has 0 aliphatic rings. The molecular formula is C13H21IN2O. The number of hydrogen-bond acceptors (Lipinski definition) is 3. The lowest BCUT2D eigenvalue weighted by molar-refractivity contribution is 0.306. The van der Waals surface area contributed by atoms with E-state index in [-0.39, 0.29) is 0 Å².